The van der Waals surface area contributed by atoms with Gasteiger partial charge in [-0.1, -0.05) is 151 Å². The van der Waals surface area contributed by atoms with Crippen LogP contribution in [0.25, 0.3) is 0 Å². The van der Waals surface area contributed by atoms with Crippen LogP contribution in [-0.4, -0.2) is 0 Å². The Morgan fingerprint density at radius 2 is 1.29 bits per heavy atom. The van der Waals surface area contributed by atoms with Crippen LogP contribution in [-0.2, 0) is 0 Å². The van der Waals surface area contributed by atoms with Gasteiger partial charge in [0.2, 0.25) is 0 Å². The van der Waals surface area contributed by atoms with E-state index in [1.807, 2.05) is 0 Å². The van der Waals surface area contributed by atoms with Gasteiger partial charge in [-0.15, -0.1) is 0 Å². The van der Waals surface area contributed by atoms with Gasteiger partial charge in [0, 0.05) is 0 Å². The van der Waals surface area contributed by atoms with Crippen molar-refractivity contribution in [2.24, 2.45) is 86.3 Å². The molecule has 1 aliphatic rings. The highest BCUT2D eigenvalue weighted by molar-refractivity contribution is 5.12. The van der Waals surface area contributed by atoms with E-state index in [0.29, 0.717) is 16.7 Å². The average Bonchev–Trinajstić information content (AvgIpc) is 3.12. The minimum atomic E-state index is 0.240. The molecule has 0 aromatic heterocycles. The maximum Gasteiger partial charge on any atom is -0.0220 e. The van der Waals surface area contributed by atoms with E-state index < -0.39 is 0 Å². The second-order valence-corrected chi connectivity index (χ2v) is 19.3. The van der Waals surface area contributed by atoms with Crippen molar-refractivity contribution in [2.45, 2.75) is 183 Å². The van der Waals surface area contributed by atoms with Crippen molar-refractivity contribution in [3.8, 4) is 0 Å². The fourth-order valence-electron chi connectivity index (χ4n) is 12.0. The van der Waals surface area contributed by atoms with Crippen molar-refractivity contribution in [1.82, 2.24) is 0 Å². The first-order valence-corrected chi connectivity index (χ1v) is 18.9. The Morgan fingerprint density at radius 3 is 1.67 bits per heavy atom. The summed E-state index contributed by atoms with van der Waals surface area (Å²) in [6.45, 7) is 51.7. The molecule has 9 unspecified atom stereocenters. The molecule has 0 heteroatoms. The van der Waals surface area contributed by atoms with Gasteiger partial charge in [0.15, 0.2) is 0 Å². The molecule has 1 rings (SSSR count). The summed E-state index contributed by atoms with van der Waals surface area (Å²) < 4.78 is 0. The minimum absolute atomic E-state index is 0.240. The maximum atomic E-state index is 2.74. The van der Waals surface area contributed by atoms with Gasteiger partial charge in [0.1, 0.15) is 0 Å². The van der Waals surface area contributed by atoms with Gasteiger partial charge in [-0.25, -0.2) is 0 Å². The van der Waals surface area contributed by atoms with Crippen LogP contribution in [0.2, 0.25) is 0 Å². The van der Waals surface area contributed by atoms with E-state index in [-0.39, 0.29) is 16.2 Å². The lowest BCUT2D eigenvalue weighted by Gasteiger charge is -2.63. The molecular weight excluding hydrogens is 504 g/mol. The van der Waals surface area contributed by atoms with E-state index in [1.54, 1.807) is 0 Å². The van der Waals surface area contributed by atoms with E-state index in [1.165, 1.54) is 44.9 Å². The third-order valence-corrected chi connectivity index (χ3v) is 15.6. The standard InChI is InChI=1S/C42H84/c1-21-24-41(19,30(8)9)37-32(11)27-36(38(37,13)14)40(17,18)42(20,23-3)39(15,16)35(33(12)28(4)5)26-31(10)25-34(22-2)29(6)7/h28-37H,21-27H2,1-20H3. The zero-order valence-electron chi connectivity index (χ0n) is 33.2. The Morgan fingerprint density at radius 1 is 0.762 bits per heavy atom. The van der Waals surface area contributed by atoms with Crippen molar-refractivity contribution in [2.75, 3.05) is 0 Å². The Bertz CT molecular complexity index is 795. The lowest BCUT2D eigenvalue weighted by molar-refractivity contribution is -0.146. The molecule has 0 N–H and O–H groups in total. The largest absolute Gasteiger partial charge is 0.0654 e. The smallest absolute Gasteiger partial charge is 0.0220 e. The van der Waals surface area contributed by atoms with Gasteiger partial charge in [-0.3, -0.25) is 0 Å². The first-order chi connectivity index (χ1) is 18.9. The third-order valence-electron chi connectivity index (χ3n) is 15.6. The van der Waals surface area contributed by atoms with Crippen molar-refractivity contribution in [3.05, 3.63) is 0 Å². The van der Waals surface area contributed by atoms with Gasteiger partial charge < -0.3 is 0 Å². The van der Waals surface area contributed by atoms with Crippen LogP contribution >= 0.6 is 0 Å². The Balaban J connectivity index is 3.68. The number of hydrogen-bond donors (Lipinski definition) is 0. The van der Waals surface area contributed by atoms with Crippen molar-refractivity contribution in [3.63, 3.8) is 0 Å². The number of rotatable bonds is 17. The average molecular weight is 589 g/mol. The molecule has 1 fully saturated rings. The highest BCUT2D eigenvalue weighted by Crippen LogP contribution is 2.71. The highest BCUT2D eigenvalue weighted by atomic mass is 14.7. The monoisotopic (exact) mass is 589 g/mol. The first-order valence-electron chi connectivity index (χ1n) is 18.9. The van der Waals surface area contributed by atoms with Crippen molar-refractivity contribution in [1.29, 1.82) is 0 Å². The van der Waals surface area contributed by atoms with Gasteiger partial charge in [-0.05, 0) is 118 Å². The summed E-state index contributed by atoms with van der Waals surface area (Å²) in [6, 6.07) is 0. The molecule has 42 heavy (non-hydrogen) atoms. The zero-order chi connectivity index (χ0) is 33.2. The van der Waals surface area contributed by atoms with Crippen LogP contribution in [0.4, 0.5) is 0 Å². The summed E-state index contributed by atoms with van der Waals surface area (Å²) in [4.78, 5) is 0. The molecule has 0 saturated heterocycles. The van der Waals surface area contributed by atoms with E-state index >= 15 is 0 Å². The van der Waals surface area contributed by atoms with E-state index in [4.69, 9.17) is 0 Å². The number of hydrogen-bond acceptors (Lipinski definition) is 0. The predicted octanol–water partition coefficient (Wildman–Crippen LogP) is 14.2. The van der Waals surface area contributed by atoms with Crippen LogP contribution in [0.1, 0.15) is 183 Å². The Hall–Kier alpha value is 0. The van der Waals surface area contributed by atoms with Gasteiger partial charge in [-0.2, -0.15) is 0 Å². The molecule has 0 spiro atoms. The second kappa shape index (κ2) is 14.6. The molecule has 0 aromatic rings. The maximum absolute atomic E-state index is 2.74. The predicted molar refractivity (Wildman–Crippen MR) is 193 cm³/mol. The molecule has 1 aliphatic carbocycles. The summed E-state index contributed by atoms with van der Waals surface area (Å²) in [5.41, 5.74) is 1.44. The topological polar surface area (TPSA) is 0 Å². The van der Waals surface area contributed by atoms with Crippen LogP contribution in [0.5, 0.6) is 0 Å². The van der Waals surface area contributed by atoms with E-state index in [9.17, 15) is 0 Å². The van der Waals surface area contributed by atoms with Crippen LogP contribution in [0, 0.1) is 86.3 Å². The van der Waals surface area contributed by atoms with Crippen LogP contribution in [0.3, 0.4) is 0 Å². The highest BCUT2D eigenvalue weighted by Gasteiger charge is 2.64. The SMILES string of the molecule is CCCC(C)(C(C)C)C1C(C)CC(C(C)(C)C(C)(CC)C(C)(C)C(CC(C)CC(CC)C(C)C)C(C)C(C)C)C1(C)C. The normalized spacial score (nSPS) is 27.6. The molecule has 0 radical (unpaired) electrons. The van der Waals surface area contributed by atoms with Crippen molar-refractivity contribution >= 4 is 0 Å². The Labute approximate surface area is 269 Å². The van der Waals surface area contributed by atoms with Crippen LogP contribution in [0.15, 0.2) is 0 Å². The quantitative estimate of drug-likeness (QED) is 0.158. The summed E-state index contributed by atoms with van der Waals surface area (Å²) in [5, 5.41) is 0. The molecule has 9 atom stereocenters. The molecule has 1 saturated carbocycles. The van der Waals surface area contributed by atoms with Crippen LogP contribution < -0.4 is 0 Å². The van der Waals surface area contributed by atoms with Gasteiger partial charge in [0.25, 0.3) is 0 Å². The zero-order valence-corrected chi connectivity index (χ0v) is 33.2. The molecule has 0 amide bonds. The second-order valence-electron chi connectivity index (χ2n) is 19.3. The molecule has 0 bridgehead atoms. The summed E-state index contributed by atoms with van der Waals surface area (Å²) >= 11 is 0. The third kappa shape index (κ3) is 7.35. The lowest BCUT2D eigenvalue weighted by atomic mass is 9.42. The van der Waals surface area contributed by atoms with Crippen molar-refractivity contribution < 1.29 is 0 Å². The molecule has 0 nitrogen and oxygen atoms in total. The molecule has 0 aliphatic heterocycles. The molecule has 0 aromatic carbocycles. The Kier molecular flexibility index (Phi) is 13.9. The summed E-state index contributed by atoms with van der Waals surface area (Å²) in [5.74, 6) is 7.56. The van der Waals surface area contributed by atoms with E-state index in [2.05, 4.69) is 138 Å². The fourth-order valence-corrected chi connectivity index (χ4v) is 12.0. The van der Waals surface area contributed by atoms with Gasteiger partial charge >= 0.3 is 0 Å². The summed E-state index contributed by atoms with van der Waals surface area (Å²) in [7, 11) is 0. The molecule has 0 heterocycles. The fraction of sp³-hybridized carbons (Fsp3) is 1.00. The summed E-state index contributed by atoms with van der Waals surface area (Å²) in [6.07, 6.45) is 9.37. The molecule has 252 valence electrons. The van der Waals surface area contributed by atoms with Gasteiger partial charge in [0.05, 0.1) is 0 Å². The minimum Gasteiger partial charge on any atom is -0.0654 e. The van der Waals surface area contributed by atoms with E-state index in [0.717, 1.165) is 53.3 Å². The molecular formula is C42H84. The first kappa shape index (κ1) is 40.0. The lowest BCUT2D eigenvalue weighted by Crippen LogP contribution is -2.56.